The summed E-state index contributed by atoms with van der Waals surface area (Å²) in [5.74, 6) is 2.19. The number of carbonyl (C=O) groups excluding carboxylic acids is 1. The number of carbonyl (C=O) groups is 1. The lowest BCUT2D eigenvalue weighted by atomic mass is 10.2. The largest absolute Gasteiger partial charge is 0.481 e. The first-order valence-corrected chi connectivity index (χ1v) is 8.03. The van der Waals surface area contributed by atoms with E-state index >= 15 is 0 Å². The molecular weight excluding hydrogens is 334 g/mol. The lowest BCUT2D eigenvalue weighted by molar-refractivity contribution is 0.0954. The number of anilines is 1. The van der Waals surface area contributed by atoms with Gasteiger partial charge >= 0.3 is 0 Å². The Balaban J connectivity index is 1.54. The summed E-state index contributed by atoms with van der Waals surface area (Å²) in [5, 5.41) is 10.2. The number of nitrogens with zero attached hydrogens (tertiary/aromatic N) is 5. The molecule has 9 nitrogen and oxygen atoms in total. The summed E-state index contributed by atoms with van der Waals surface area (Å²) >= 11 is 0. The summed E-state index contributed by atoms with van der Waals surface area (Å²) in [6, 6.07) is 6.85. The molecule has 2 N–H and O–H groups in total. The number of hydrogen-bond acceptors (Lipinski definition) is 7. The molecule has 0 radical (unpaired) electrons. The van der Waals surface area contributed by atoms with Gasteiger partial charge in [-0.05, 0) is 19.1 Å². The Morgan fingerprint density at radius 2 is 2.12 bits per heavy atom. The summed E-state index contributed by atoms with van der Waals surface area (Å²) < 4.78 is 6.68. The van der Waals surface area contributed by atoms with Crippen LogP contribution in [-0.2, 0) is 0 Å². The molecule has 0 aromatic carbocycles. The molecule has 0 fully saturated rings. The Labute approximate surface area is 150 Å². The zero-order valence-corrected chi connectivity index (χ0v) is 14.5. The number of methoxy groups -OCH3 is 1. The fraction of sp³-hybridized carbons (Fsp3) is 0.235. The first-order valence-electron chi connectivity index (χ1n) is 8.03. The number of amides is 1. The number of aryl methyl sites for hydroxylation is 1. The van der Waals surface area contributed by atoms with E-state index in [0.717, 1.165) is 0 Å². The van der Waals surface area contributed by atoms with Crippen LogP contribution in [-0.4, -0.2) is 50.8 Å². The first-order chi connectivity index (χ1) is 12.7. The molecule has 0 saturated carbocycles. The van der Waals surface area contributed by atoms with Gasteiger partial charge in [0.25, 0.3) is 5.91 Å². The quantitative estimate of drug-likeness (QED) is 0.615. The van der Waals surface area contributed by atoms with Gasteiger partial charge in [0, 0.05) is 49.4 Å². The summed E-state index contributed by atoms with van der Waals surface area (Å²) in [7, 11) is 1.51. The van der Waals surface area contributed by atoms with Crippen LogP contribution >= 0.6 is 0 Å². The predicted molar refractivity (Wildman–Crippen MR) is 95.5 cm³/mol. The molecular formula is C17H19N7O2. The van der Waals surface area contributed by atoms with Crippen molar-refractivity contribution in [2.75, 3.05) is 25.5 Å². The van der Waals surface area contributed by atoms with Gasteiger partial charge in [0.15, 0.2) is 5.82 Å². The van der Waals surface area contributed by atoms with Crippen molar-refractivity contribution in [1.29, 1.82) is 0 Å². The fourth-order valence-electron chi connectivity index (χ4n) is 2.30. The van der Waals surface area contributed by atoms with Crippen molar-refractivity contribution < 1.29 is 9.53 Å². The normalized spacial score (nSPS) is 10.4. The highest BCUT2D eigenvalue weighted by atomic mass is 16.5. The summed E-state index contributed by atoms with van der Waals surface area (Å²) in [5.41, 5.74) is 0.496. The summed E-state index contributed by atoms with van der Waals surface area (Å²) in [4.78, 5) is 24.8. The molecule has 0 aliphatic carbocycles. The minimum atomic E-state index is -0.191. The van der Waals surface area contributed by atoms with Crippen molar-refractivity contribution in [3.8, 4) is 11.7 Å². The van der Waals surface area contributed by atoms with Crippen LogP contribution in [0.3, 0.4) is 0 Å². The zero-order valence-electron chi connectivity index (χ0n) is 14.5. The van der Waals surface area contributed by atoms with Crippen molar-refractivity contribution >= 4 is 11.7 Å². The average molecular weight is 353 g/mol. The van der Waals surface area contributed by atoms with Gasteiger partial charge < -0.3 is 15.4 Å². The van der Waals surface area contributed by atoms with Crippen molar-refractivity contribution in [1.82, 2.24) is 30.0 Å². The van der Waals surface area contributed by atoms with Gasteiger partial charge in [-0.1, -0.05) is 0 Å². The van der Waals surface area contributed by atoms with E-state index in [1.165, 1.54) is 13.3 Å². The third kappa shape index (κ3) is 4.32. The molecule has 9 heteroatoms. The molecule has 3 rings (SSSR count). The van der Waals surface area contributed by atoms with E-state index in [1.807, 2.05) is 19.2 Å². The van der Waals surface area contributed by atoms with Crippen LogP contribution in [0.2, 0.25) is 0 Å². The first kappa shape index (κ1) is 17.3. The molecule has 0 unspecified atom stereocenters. The smallest absolute Gasteiger partial charge is 0.251 e. The van der Waals surface area contributed by atoms with Gasteiger partial charge in [0.05, 0.1) is 7.11 Å². The second-order valence-corrected chi connectivity index (χ2v) is 5.38. The van der Waals surface area contributed by atoms with Gasteiger partial charge in [-0.15, -0.1) is 0 Å². The molecule has 0 saturated heterocycles. The summed E-state index contributed by atoms with van der Waals surface area (Å²) in [6.45, 7) is 2.77. The van der Waals surface area contributed by atoms with Gasteiger partial charge in [0.2, 0.25) is 5.88 Å². The average Bonchev–Trinajstić information content (AvgIpc) is 3.19. The van der Waals surface area contributed by atoms with E-state index in [4.69, 9.17) is 4.74 Å². The second kappa shape index (κ2) is 8.06. The van der Waals surface area contributed by atoms with Gasteiger partial charge in [-0.3, -0.25) is 4.79 Å². The maximum Gasteiger partial charge on any atom is 0.251 e. The molecule has 0 aliphatic rings. The topological polar surface area (TPSA) is 107 Å². The fourth-order valence-corrected chi connectivity index (χ4v) is 2.30. The molecule has 0 spiro atoms. The zero-order chi connectivity index (χ0) is 18.4. The number of rotatable bonds is 7. The Hall–Kier alpha value is -3.49. The minimum Gasteiger partial charge on any atom is -0.481 e. The molecule has 3 aromatic heterocycles. The third-order valence-electron chi connectivity index (χ3n) is 3.49. The van der Waals surface area contributed by atoms with Crippen molar-refractivity contribution in [2.45, 2.75) is 6.92 Å². The van der Waals surface area contributed by atoms with E-state index < -0.39 is 0 Å². The summed E-state index contributed by atoms with van der Waals surface area (Å²) in [6.07, 6.45) is 5.04. The maximum absolute atomic E-state index is 12.1. The molecule has 26 heavy (non-hydrogen) atoms. The Kier molecular flexibility index (Phi) is 5.37. The van der Waals surface area contributed by atoms with Crippen LogP contribution in [0.4, 0.5) is 5.82 Å². The molecule has 0 bridgehead atoms. The van der Waals surface area contributed by atoms with E-state index in [-0.39, 0.29) is 5.91 Å². The maximum atomic E-state index is 12.1. The number of nitrogens with one attached hydrogen (secondary N) is 2. The Bertz CT molecular complexity index is 881. The van der Waals surface area contributed by atoms with Crippen LogP contribution in [0.15, 0.2) is 42.9 Å². The van der Waals surface area contributed by atoms with Crippen LogP contribution in [0.5, 0.6) is 5.88 Å². The van der Waals surface area contributed by atoms with Crippen molar-refractivity contribution in [3.05, 3.63) is 54.2 Å². The Morgan fingerprint density at radius 3 is 2.88 bits per heavy atom. The number of pyridine rings is 1. The lowest BCUT2D eigenvalue weighted by Gasteiger charge is -2.10. The Morgan fingerprint density at radius 1 is 1.23 bits per heavy atom. The standard InChI is InChI=1S/C17H19N7O2/c1-12-22-14(11-15(23-12)24-9-3-5-21-24)18-7-8-20-17(25)13-4-6-19-16(10-13)26-2/h3-6,9-11H,7-8H2,1-2H3,(H,20,25)(H,18,22,23). The van der Waals surface area contributed by atoms with Crippen molar-refractivity contribution in [2.24, 2.45) is 0 Å². The molecule has 0 aliphatic heterocycles. The number of hydrogen-bond donors (Lipinski definition) is 2. The molecule has 3 heterocycles. The van der Waals surface area contributed by atoms with Crippen LogP contribution in [0.25, 0.3) is 5.82 Å². The highest BCUT2D eigenvalue weighted by Gasteiger charge is 2.07. The van der Waals surface area contributed by atoms with E-state index in [9.17, 15) is 4.79 Å². The molecule has 3 aromatic rings. The van der Waals surface area contributed by atoms with Gasteiger partial charge in [-0.25, -0.2) is 19.6 Å². The number of ether oxygens (including phenoxy) is 1. The van der Waals surface area contributed by atoms with Crippen LogP contribution < -0.4 is 15.4 Å². The van der Waals surface area contributed by atoms with Crippen LogP contribution in [0, 0.1) is 6.92 Å². The van der Waals surface area contributed by atoms with E-state index in [0.29, 0.717) is 42.0 Å². The molecule has 134 valence electrons. The number of aromatic nitrogens is 5. The molecule has 1 amide bonds. The highest BCUT2D eigenvalue weighted by Crippen LogP contribution is 2.10. The second-order valence-electron chi connectivity index (χ2n) is 5.38. The predicted octanol–water partition coefficient (Wildman–Crippen LogP) is 1.22. The molecule has 0 atom stereocenters. The van der Waals surface area contributed by atoms with E-state index in [2.05, 4.69) is 30.7 Å². The third-order valence-corrected chi connectivity index (χ3v) is 3.49. The SMILES string of the molecule is COc1cc(C(=O)NCCNc2cc(-n3cccn3)nc(C)n2)ccn1. The van der Waals surface area contributed by atoms with Gasteiger partial charge in [-0.2, -0.15) is 5.10 Å². The van der Waals surface area contributed by atoms with Crippen molar-refractivity contribution in [3.63, 3.8) is 0 Å². The van der Waals surface area contributed by atoms with Gasteiger partial charge in [0.1, 0.15) is 11.6 Å². The van der Waals surface area contributed by atoms with Crippen LogP contribution in [0.1, 0.15) is 16.2 Å². The van der Waals surface area contributed by atoms with E-state index in [1.54, 1.807) is 29.1 Å². The monoisotopic (exact) mass is 353 g/mol. The minimum absolute atomic E-state index is 0.191. The highest BCUT2D eigenvalue weighted by molar-refractivity contribution is 5.94. The lowest BCUT2D eigenvalue weighted by Crippen LogP contribution is -2.29.